The molecule has 0 aromatic heterocycles. The Bertz CT molecular complexity index is 58.6. The maximum Gasteiger partial charge on any atom is 3.00 e. The number of halogens is 4. The molecular weight excluding hydrogens is 685 g/mol. The molecule has 0 saturated heterocycles. The van der Waals surface area contributed by atoms with E-state index < -0.39 is 0 Å². The average molecular weight is 692 g/mol. The van der Waals surface area contributed by atoms with E-state index in [1.54, 1.807) is 0 Å². The molecule has 2 nitrogen and oxygen atoms in total. The van der Waals surface area contributed by atoms with Crippen molar-refractivity contribution >= 4 is 5.97 Å². The van der Waals surface area contributed by atoms with Gasteiger partial charge in [-0.3, -0.25) is 4.79 Å². The summed E-state index contributed by atoms with van der Waals surface area (Å²) in [6.45, 7) is 1.36. The van der Waals surface area contributed by atoms with Gasteiger partial charge in [-0.15, -0.1) is 0 Å². The van der Waals surface area contributed by atoms with Gasteiger partial charge < -0.3 is 101 Å². The van der Waals surface area contributed by atoms with Gasteiger partial charge in [0.25, 0.3) is 0 Å². The van der Waals surface area contributed by atoms with Crippen molar-refractivity contribution in [1.82, 2.24) is 0 Å². The molecule has 0 aliphatic rings. The minimum atomic E-state index is -0.245. The summed E-state index contributed by atoms with van der Waals surface area (Å²) in [5.74, 6) is -0.245. The Balaban J connectivity index is -0.00000000533. The first-order chi connectivity index (χ1) is 2.27. The number of rotatable bonds is 0. The molecule has 0 fully saturated rings. The zero-order valence-electron chi connectivity index (χ0n) is 6.16. The van der Waals surface area contributed by atoms with E-state index in [2.05, 4.69) is 4.74 Å². The molecule has 0 saturated carbocycles. The molecule has 0 bridgehead atoms. The third-order valence-corrected chi connectivity index (χ3v) is 0.287. The average Bonchev–Trinajstić information content (AvgIpc) is 1.38. The molecule has 11 heavy (non-hydrogen) atoms. The van der Waals surface area contributed by atoms with Crippen LogP contribution < -0.4 is 115 Å². The zero-order chi connectivity index (χ0) is 4.28. The topological polar surface area (TPSA) is 26.3 Å². The van der Waals surface area contributed by atoms with Crippen LogP contribution in [0.2, 0.25) is 0 Å². The van der Waals surface area contributed by atoms with Gasteiger partial charge in [0, 0.05) is 6.92 Å². The van der Waals surface area contributed by atoms with Crippen LogP contribution in [0.3, 0.4) is 0 Å². The van der Waals surface area contributed by atoms with Crippen molar-refractivity contribution in [2.45, 2.75) is 6.92 Å². The Labute approximate surface area is 161 Å². The standard InChI is InChI=1S/C3H6O2.4HI.Li.Rh/c1-3(4)5-2;;;;;;/h1-2H3;4*1H;;/q;;;;;+1;+3/p-4. The van der Waals surface area contributed by atoms with Crippen molar-refractivity contribution in [2.75, 3.05) is 7.11 Å². The van der Waals surface area contributed by atoms with Gasteiger partial charge in [0.2, 0.25) is 0 Å². The van der Waals surface area contributed by atoms with Crippen LogP contribution >= 0.6 is 0 Å². The van der Waals surface area contributed by atoms with Crippen LogP contribution in [-0.4, -0.2) is 13.1 Å². The van der Waals surface area contributed by atoms with Crippen molar-refractivity contribution in [3.8, 4) is 0 Å². The summed E-state index contributed by atoms with van der Waals surface area (Å²) in [7, 11) is 1.35. The van der Waals surface area contributed by atoms with Crippen LogP contribution in [0.15, 0.2) is 0 Å². The molecule has 0 atom stereocenters. The molecule has 0 heterocycles. The van der Waals surface area contributed by atoms with E-state index in [0.717, 1.165) is 0 Å². The van der Waals surface area contributed by atoms with Gasteiger partial charge in [-0.05, 0) is 0 Å². The van der Waals surface area contributed by atoms with E-state index in [9.17, 15) is 4.79 Å². The minimum Gasteiger partial charge on any atom is -1.00 e. The molecule has 0 unspecified atom stereocenters. The maximum atomic E-state index is 9.59. The van der Waals surface area contributed by atoms with Crippen LogP contribution in [0.1, 0.15) is 6.92 Å². The summed E-state index contributed by atoms with van der Waals surface area (Å²) in [5.41, 5.74) is 0. The van der Waals surface area contributed by atoms with E-state index in [0.29, 0.717) is 0 Å². The summed E-state index contributed by atoms with van der Waals surface area (Å²) in [6, 6.07) is 0. The Morgan fingerprint density at radius 1 is 1.09 bits per heavy atom. The minimum absolute atomic E-state index is 0. The van der Waals surface area contributed by atoms with Gasteiger partial charge in [-0.1, -0.05) is 0 Å². The van der Waals surface area contributed by atoms with Crippen LogP contribution in [0.25, 0.3) is 0 Å². The van der Waals surface area contributed by atoms with Gasteiger partial charge in [0.15, 0.2) is 0 Å². The van der Waals surface area contributed by atoms with Crippen LogP contribution in [0.4, 0.5) is 0 Å². The number of hydrogen-bond acceptors (Lipinski definition) is 2. The summed E-state index contributed by atoms with van der Waals surface area (Å²) in [5, 5.41) is 0. The SMILES string of the molecule is COC(C)=O.[I-].[I-].[I-].[I-].[Li+].[Rh+3]. The van der Waals surface area contributed by atoms with Gasteiger partial charge in [0.05, 0.1) is 7.11 Å². The molecule has 0 rings (SSSR count). The van der Waals surface area contributed by atoms with Crippen LogP contribution in [0.5, 0.6) is 0 Å². The summed E-state index contributed by atoms with van der Waals surface area (Å²) in [4.78, 5) is 9.59. The monoisotopic (exact) mass is 692 g/mol. The van der Waals surface area contributed by atoms with E-state index in [1.807, 2.05) is 0 Å². The fourth-order valence-corrected chi connectivity index (χ4v) is 0. The molecule has 0 radical (unpaired) electrons. The molecule has 0 aromatic carbocycles. The van der Waals surface area contributed by atoms with Gasteiger partial charge in [-0.25, -0.2) is 0 Å². The Morgan fingerprint density at radius 3 is 1.18 bits per heavy atom. The van der Waals surface area contributed by atoms with E-state index in [-0.39, 0.29) is 140 Å². The quantitative estimate of drug-likeness (QED) is 0.144. The van der Waals surface area contributed by atoms with Crippen LogP contribution in [-0.2, 0) is 29.0 Å². The fraction of sp³-hybridized carbons (Fsp3) is 0.667. The van der Waals surface area contributed by atoms with E-state index in [4.69, 9.17) is 0 Å². The molecule has 0 amide bonds. The first-order valence-corrected chi connectivity index (χ1v) is 1.32. The third-order valence-electron chi connectivity index (χ3n) is 0.287. The number of esters is 1. The zero-order valence-corrected chi connectivity index (χ0v) is 16.4. The maximum absolute atomic E-state index is 9.59. The predicted molar refractivity (Wildman–Crippen MR) is 17.7 cm³/mol. The normalized spacial score (nSPS) is 3.09. The third kappa shape index (κ3) is 58.3. The second-order valence-corrected chi connectivity index (χ2v) is 0.696. The van der Waals surface area contributed by atoms with Gasteiger partial charge in [0.1, 0.15) is 0 Å². The molecule has 0 aromatic rings. The van der Waals surface area contributed by atoms with Crippen molar-refractivity contribution in [2.24, 2.45) is 0 Å². The second kappa shape index (κ2) is 37.4. The Hall–Kier alpha value is 3.61. The van der Waals surface area contributed by atoms with Crippen molar-refractivity contribution in [3.63, 3.8) is 0 Å². The van der Waals surface area contributed by atoms with E-state index in [1.165, 1.54) is 14.0 Å². The fourth-order valence-electron chi connectivity index (χ4n) is 0. The molecule has 0 aliphatic carbocycles. The van der Waals surface area contributed by atoms with Gasteiger partial charge >= 0.3 is 44.3 Å². The van der Waals surface area contributed by atoms with E-state index >= 15 is 0 Å². The Morgan fingerprint density at radius 2 is 1.18 bits per heavy atom. The number of ether oxygens (including phenoxy) is 1. The Kier molecular flexibility index (Phi) is 159. The smallest absolute Gasteiger partial charge is 1.00 e. The molecule has 0 spiro atoms. The molecule has 68 valence electrons. The summed E-state index contributed by atoms with van der Waals surface area (Å²) in [6.07, 6.45) is 0. The number of carbonyl (C=O) groups excluding carboxylic acids is 1. The van der Waals surface area contributed by atoms with Gasteiger partial charge in [-0.2, -0.15) is 0 Å². The molecule has 0 aliphatic heterocycles. The first kappa shape index (κ1) is 46.7. The first-order valence-electron chi connectivity index (χ1n) is 1.32. The summed E-state index contributed by atoms with van der Waals surface area (Å²) < 4.78 is 4.11. The van der Waals surface area contributed by atoms with Crippen molar-refractivity contribution in [1.29, 1.82) is 0 Å². The molecule has 0 N–H and O–H groups in total. The van der Waals surface area contributed by atoms with Crippen LogP contribution in [0, 0.1) is 0 Å². The van der Waals surface area contributed by atoms with Crippen molar-refractivity contribution < 1.29 is 144 Å². The predicted octanol–water partition coefficient (Wildman–Crippen LogP) is -14.8. The number of methoxy groups -OCH3 is 1. The largest absolute Gasteiger partial charge is 3.00 e. The summed E-state index contributed by atoms with van der Waals surface area (Å²) >= 11 is 0. The second-order valence-electron chi connectivity index (χ2n) is 0.696. The molecule has 8 heteroatoms. The number of hydrogen-bond donors (Lipinski definition) is 0. The van der Waals surface area contributed by atoms with Crippen molar-refractivity contribution in [3.05, 3.63) is 0 Å². The number of carbonyl (C=O) groups is 1. The molecular formula is C3H6I4LiO2Rh.